The minimum absolute atomic E-state index is 0.0248. The Morgan fingerprint density at radius 1 is 1.15 bits per heavy atom. The van der Waals surface area contributed by atoms with Crippen LogP contribution in [0.2, 0.25) is 0 Å². The zero-order chi connectivity index (χ0) is 23.5. The molecule has 0 fully saturated rings. The van der Waals surface area contributed by atoms with Gasteiger partial charge in [0.1, 0.15) is 0 Å². The lowest BCUT2D eigenvalue weighted by Gasteiger charge is -2.28. The standard InChI is InChI=1S/C28H33N3O2/c1-19-16-21(17-30(19)3)18-31(4)28(33)25-14-8-7-12-23(25)20(2)27(32)29-26-15-9-11-22-10-5-6-13-24(22)26/h5-8,10,12-14,16-17,20,26H,9,11,15,18H2,1-4H3,(H,29,32). The average molecular weight is 444 g/mol. The van der Waals surface area contributed by atoms with E-state index in [9.17, 15) is 9.59 Å². The molecule has 0 saturated heterocycles. The first kappa shape index (κ1) is 22.8. The van der Waals surface area contributed by atoms with Crippen LogP contribution in [0.3, 0.4) is 0 Å². The highest BCUT2D eigenvalue weighted by Gasteiger charge is 2.27. The second-order valence-electron chi connectivity index (χ2n) is 9.22. The summed E-state index contributed by atoms with van der Waals surface area (Å²) in [5, 5.41) is 3.25. The highest BCUT2D eigenvalue weighted by atomic mass is 16.2. The summed E-state index contributed by atoms with van der Waals surface area (Å²) in [6.45, 7) is 4.46. The van der Waals surface area contributed by atoms with Crippen molar-refractivity contribution in [3.8, 4) is 0 Å². The van der Waals surface area contributed by atoms with Crippen molar-refractivity contribution in [3.63, 3.8) is 0 Å². The van der Waals surface area contributed by atoms with Gasteiger partial charge in [0.25, 0.3) is 5.91 Å². The van der Waals surface area contributed by atoms with Crippen molar-refractivity contribution in [2.45, 2.75) is 51.6 Å². The lowest BCUT2D eigenvalue weighted by molar-refractivity contribution is -0.123. The number of carbonyl (C=O) groups is 2. The summed E-state index contributed by atoms with van der Waals surface area (Å²) in [4.78, 5) is 28.3. The van der Waals surface area contributed by atoms with E-state index in [1.54, 1.807) is 4.90 Å². The van der Waals surface area contributed by atoms with Gasteiger partial charge in [0.2, 0.25) is 5.91 Å². The molecule has 0 radical (unpaired) electrons. The number of carbonyl (C=O) groups excluding carboxylic acids is 2. The third kappa shape index (κ3) is 4.87. The molecule has 2 aromatic carbocycles. The predicted molar refractivity (Wildman–Crippen MR) is 131 cm³/mol. The van der Waals surface area contributed by atoms with Crippen LogP contribution in [0.4, 0.5) is 0 Å². The number of nitrogens with one attached hydrogen (secondary N) is 1. The van der Waals surface area contributed by atoms with E-state index in [2.05, 4.69) is 34.1 Å². The van der Waals surface area contributed by atoms with Gasteiger partial charge in [-0.25, -0.2) is 0 Å². The van der Waals surface area contributed by atoms with E-state index < -0.39 is 5.92 Å². The Morgan fingerprint density at radius 2 is 1.88 bits per heavy atom. The molecule has 0 spiro atoms. The van der Waals surface area contributed by atoms with E-state index >= 15 is 0 Å². The molecule has 4 rings (SSSR count). The number of nitrogens with zero attached hydrogens (tertiary/aromatic N) is 2. The van der Waals surface area contributed by atoms with Crippen LogP contribution in [0.25, 0.3) is 0 Å². The zero-order valence-electron chi connectivity index (χ0n) is 20.0. The molecule has 0 bridgehead atoms. The van der Waals surface area contributed by atoms with E-state index in [-0.39, 0.29) is 17.9 Å². The van der Waals surface area contributed by atoms with Crippen LogP contribution in [0, 0.1) is 6.92 Å². The molecule has 1 aromatic heterocycles. The molecular formula is C28H33N3O2. The summed E-state index contributed by atoms with van der Waals surface area (Å²) >= 11 is 0. The molecule has 2 amide bonds. The van der Waals surface area contributed by atoms with E-state index in [4.69, 9.17) is 0 Å². The molecule has 0 saturated carbocycles. The van der Waals surface area contributed by atoms with Crippen LogP contribution in [-0.2, 0) is 24.8 Å². The smallest absolute Gasteiger partial charge is 0.254 e. The number of hydrogen-bond donors (Lipinski definition) is 1. The summed E-state index contributed by atoms with van der Waals surface area (Å²) in [5.74, 6) is -0.542. The normalized spacial score (nSPS) is 16.1. The van der Waals surface area contributed by atoms with Gasteiger partial charge in [0.05, 0.1) is 12.0 Å². The molecule has 2 atom stereocenters. The SMILES string of the molecule is Cc1cc(CN(C)C(=O)c2ccccc2C(C)C(=O)NC2CCCc3ccccc32)cn1C. The number of benzene rings is 2. The molecule has 2 unspecified atom stereocenters. The van der Waals surface area contributed by atoms with Crippen molar-refractivity contribution < 1.29 is 9.59 Å². The minimum Gasteiger partial charge on any atom is -0.354 e. The van der Waals surface area contributed by atoms with Crippen molar-refractivity contribution in [1.29, 1.82) is 0 Å². The van der Waals surface area contributed by atoms with Crippen LogP contribution >= 0.6 is 0 Å². The fourth-order valence-electron chi connectivity index (χ4n) is 4.81. The molecule has 1 aliphatic rings. The molecular weight excluding hydrogens is 410 g/mol. The first-order chi connectivity index (χ1) is 15.8. The Hall–Kier alpha value is -3.34. The number of fused-ring (bicyclic) bond motifs is 1. The Labute approximate surface area is 196 Å². The maximum Gasteiger partial charge on any atom is 0.254 e. The lowest BCUT2D eigenvalue weighted by atomic mass is 9.87. The summed E-state index contributed by atoms with van der Waals surface area (Å²) in [6.07, 6.45) is 5.11. The van der Waals surface area contributed by atoms with Gasteiger partial charge in [-0.05, 0) is 67.5 Å². The zero-order valence-corrected chi connectivity index (χ0v) is 20.0. The van der Waals surface area contributed by atoms with Crippen molar-refractivity contribution in [3.05, 3.63) is 94.3 Å². The molecule has 1 aliphatic carbocycles. The monoisotopic (exact) mass is 443 g/mol. The quantitative estimate of drug-likeness (QED) is 0.589. The van der Waals surface area contributed by atoms with Gasteiger partial charge in [-0.15, -0.1) is 0 Å². The van der Waals surface area contributed by atoms with Gasteiger partial charge >= 0.3 is 0 Å². The van der Waals surface area contributed by atoms with E-state index in [0.717, 1.165) is 36.1 Å². The average Bonchev–Trinajstić information content (AvgIpc) is 3.14. The van der Waals surface area contributed by atoms with E-state index in [0.29, 0.717) is 12.1 Å². The van der Waals surface area contributed by atoms with Crippen molar-refractivity contribution in [2.24, 2.45) is 7.05 Å². The molecule has 0 aliphatic heterocycles. The summed E-state index contributed by atoms with van der Waals surface area (Å²) in [7, 11) is 3.81. The molecule has 5 heteroatoms. The van der Waals surface area contributed by atoms with Gasteiger partial charge < -0.3 is 14.8 Å². The number of aryl methyl sites for hydroxylation is 3. The van der Waals surface area contributed by atoms with Crippen LogP contribution in [0.15, 0.2) is 60.8 Å². The Bertz CT molecular complexity index is 1140. The highest BCUT2D eigenvalue weighted by Crippen LogP contribution is 2.31. The topological polar surface area (TPSA) is 54.3 Å². The first-order valence-corrected chi connectivity index (χ1v) is 11.7. The fraction of sp³-hybridized carbons (Fsp3) is 0.357. The lowest BCUT2D eigenvalue weighted by Crippen LogP contribution is -2.35. The molecule has 1 N–H and O–H groups in total. The minimum atomic E-state index is -0.424. The summed E-state index contributed by atoms with van der Waals surface area (Å²) < 4.78 is 2.05. The van der Waals surface area contributed by atoms with E-state index in [1.807, 2.05) is 64.5 Å². The number of aromatic nitrogens is 1. The third-order valence-electron chi connectivity index (χ3n) is 6.81. The highest BCUT2D eigenvalue weighted by molar-refractivity contribution is 5.98. The Kier molecular flexibility index (Phi) is 6.68. The van der Waals surface area contributed by atoms with Crippen LogP contribution in [-0.4, -0.2) is 28.3 Å². The fourth-order valence-corrected chi connectivity index (χ4v) is 4.81. The predicted octanol–water partition coefficient (Wildman–Crippen LogP) is 4.90. The second kappa shape index (κ2) is 9.65. The van der Waals surface area contributed by atoms with Gasteiger partial charge in [0, 0.05) is 38.1 Å². The van der Waals surface area contributed by atoms with Gasteiger partial charge in [-0.1, -0.05) is 42.5 Å². The van der Waals surface area contributed by atoms with Crippen LogP contribution < -0.4 is 5.32 Å². The van der Waals surface area contributed by atoms with Crippen molar-refractivity contribution in [1.82, 2.24) is 14.8 Å². The molecule has 3 aromatic rings. The Morgan fingerprint density at radius 3 is 2.64 bits per heavy atom. The third-order valence-corrected chi connectivity index (χ3v) is 6.81. The summed E-state index contributed by atoms with van der Waals surface area (Å²) in [6, 6.07) is 17.9. The maximum absolute atomic E-state index is 13.3. The van der Waals surface area contributed by atoms with Gasteiger partial charge in [-0.2, -0.15) is 0 Å². The van der Waals surface area contributed by atoms with Gasteiger partial charge in [0.15, 0.2) is 0 Å². The molecule has 172 valence electrons. The number of hydrogen-bond acceptors (Lipinski definition) is 2. The first-order valence-electron chi connectivity index (χ1n) is 11.7. The van der Waals surface area contributed by atoms with Crippen LogP contribution in [0.5, 0.6) is 0 Å². The second-order valence-corrected chi connectivity index (χ2v) is 9.22. The van der Waals surface area contributed by atoms with Crippen LogP contribution in [0.1, 0.15) is 70.0 Å². The number of amides is 2. The molecule has 5 nitrogen and oxygen atoms in total. The summed E-state index contributed by atoms with van der Waals surface area (Å²) in [5.41, 5.74) is 6.12. The molecule has 33 heavy (non-hydrogen) atoms. The largest absolute Gasteiger partial charge is 0.354 e. The maximum atomic E-state index is 13.3. The van der Waals surface area contributed by atoms with E-state index in [1.165, 1.54) is 11.1 Å². The number of rotatable bonds is 6. The van der Waals surface area contributed by atoms with Crippen molar-refractivity contribution in [2.75, 3.05) is 7.05 Å². The molecule has 1 heterocycles. The van der Waals surface area contributed by atoms with Gasteiger partial charge in [-0.3, -0.25) is 9.59 Å². The van der Waals surface area contributed by atoms with Crippen molar-refractivity contribution >= 4 is 11.8 Å². The Balaban J connectivity index is 1.50.